The first-order valence-corrected chi connectivity index (χ1v) is 5.94. The molecular formula is C12H16N2OS. The van der Waals surface area contributed by atoms with E-state index in [-0.39, 0.29) is 0 Å². The highest BCUT2D eigenvalue weighted by Gasteiger charge is 2.20. The Labute approximate surface area is 101 Å². The van der Waals surface area contributed by atoms with Crippen molar-refractivity contribution in [1.29, 1.82) is 0 Å². The maximum Gasteiger partial charge on any atom is 0.249 e. The molecule has 1 amide bonds. The molecule has 0 saturated heterocycles. The highest BCUT2D eigenvalue weighted by molar-refractivity contribution is 7.80. The lowest BCUT2D eigenvalue weighted by Crippen LogP contribution is -2.17. The van der Waals surface area contributed by atoms with Gasteiger partial charge in [-0.1, -0.05) is 6.07 Å². The number of amides is 1. The van der Waals surface area contributed by atoms with Crippen LogP contribution in [0.25, 0.3) is 0 Å². The Bertz CT molecular complexity index is 402. The molecule has 1 fully saturated rings. The number of carbonyl (C=O) groups excluding carboxylic acids is 1. The van der Waals surface area contributed by atoms with Crippen LogP contribution in [-0.2, 0) is 6.54 Å². The summed E-state index contributed by atoms with van der Waals surface area (Å²) in [7, 11) is 0. The van der Waals surface area contributed by atoms with Gasteiger partial charge in [0.1, 0.15) is 0 Å². The molecule has 0 aliphatic heterocycles. The van der Waals surface area contributed by atoms with Crippen LogP contribution in [0.1, 0.15) is 28.8 Å². The van der Waals surface area contributed by atoms with Crippen molar-refractivity contribution in [3.05, 3.63) is 29.3 Å². The summed E-state index contributed by atoms with van der Waals surface area (Å²) in [6, 6.07) is 5.54. The van der Waals surface area contributed by atoms with Crippen molar-refractivity contribution < 1.29 is 4.79 Å². The van der Waals surface area contributed by atoms with E-state index in [2.05, 4.69) is 17.9 Å². The minimum Gasteiger partial charge on any atom is -0.366 e. The van der Waals surface area contributed by atoms with Gasteiger partial charge >= 0.3 is 0 Å². The Morgan fingerprint density at radius 2 is 2.25 bits per heavy atom. The second-order valence-electron chi connectivity index (χ2n) is 4.29. The van der Waals surface area contributed by atoms with Crippen molar-refractivity contribution in [1.82, 2.24) is 5.32 Å². The van der Waals surface area contributed by atoms with E-state index in [9.17, 15) is 4.79 Å². The smallest absolute Gasteiger partial charge is 0.249 e. The third-order valence-corrected chi connectivity index (χ3v) is 3.16. The molecule has 0 unspecified atom stereocenters. The molecule has 0 spiro atoms. The molecule has 16 heavy (non-hydrogen) atoms. The van der Waals surface area contributed by atoms with Crippen molar-refractivity contribution in [2.75, 3.05) is 6.54 Å². The molecule has 4 heteroatoms. The summed E-state index contributed by atoms with van der Waals surface area (Å²) in [5, 5.41) is 3.39. The lowest BCUT2D eigenvalue weighted by Gasteiger charge is -2.06. The SMILES string of the molecule is NC(=O)c1ccc(CNCC2CC2)cc1S. The molecule has 86 valence electrons. The molecule has 0 aromatic heterocycles. The predicted octanol–water partition coefficient (Wildman–Crippen LogP) is 1.57. The van der Waals surface area contributed by atoms with Gasteiger partial charge in [-0.05, 0) is 43.0 Å². The predicted molar refractivity (Wildman–Crippen MR) is 66.6 cm³/mol. The quantitative estimate of drug-likeness (QED) is 0.680. The van der Waals surface area contributed by atoms with Gasteiger partial charge in [0.25, 0.3) is 0 Å². The largest absolute Gasteiger partial charge is 0.366 e. The molecule has 1 aliphatic carbocycles. The number of primary amides is 1. The third kappa shape index (κ3) is 3.00. The van der Waals surface area contributed by atoms with E-state index >= 15 is 0 Å². The molecular weight excluding hydrogens is 220 g/mol. The highest BCUT2D eigenvalue weighted by Crippen LogP contribution is 2.27. The molecule has 0 radical (unpaired) electrons. The number of nitrogens with one attached hydrogen (secondary N) is 1. The molecule has 1 aliphatic rings. The topological polar surface area (TPSA) is 55.1 Å². The fraction of sp³-hybridized carbons (Fsp3) is 0.417. The Kier molecular flexibility index (Phi) is 3.51. The second-order valence-corrected chi connectivity index (χ2v) is 4.77. The summed E-state index contributed by atoms with van der Waals surface area (Å²) < 4.78 is 0. The summed E-state index contributed by atoms with van der Waals surface area (Å²) >= 11 is 4.25. The van der Waals surface area contributed by atoms with E-state index in [1.807, 2.05) is 12.1 Å². The van der Waals surface area contributed by atoms with Crippen LogP contribution in [0.3, 0.4) is 0 Å². The maximum absolute atomic E-state index is 11.0. The van der Waals surface area contributed by atoms with Gasteiger partial charge in [-0.2, -0.15) is 0 Å². The lowest BCUT2D eigenvalue weighted by molar-refractivity contribution is 0.0997. The van der Waals surface area contributed by atoms with Crippen molar-refractivity contribution in [2.45, 2.75) is 24.3 Å². The van der Waals surface area contributed by atoms with Crippen LogP contribution in [0.4, 0.5) is 0 Å². The third-order valence-electron chi connectivity index (χ3n) is 2.79. The standard InChI is InChI=1S/C12H16N2OS/c13-12(15)10-4-3-9(5-11(10)16)7-14-6-8-1-2-8/h3-5,8,14,16H,1-2,6-7H2,(H2,13,15). The Morgan fingerprint density at radius 3 is 2.81 bits per heavy atom. The number of hydrogen-bond acceptors (Lipinski definition) is 3. The monoisotopic (exact) mass is 236 g/mol. The lowest BCUT2D eigenvalue weighted by atomic mass is 10.1. The molecule has 1 aromatic rings. The molecule has 1 saturated carbocycles. The van der Waals surface area contributed by atoms with Crippen LogP contribution in [0.2, 0.25) is 0 Å². The van der Waals surface area contributed by atoms with Gasteiger partial charge in [0.15, 0.2) is 0 Å². The normalized spacial score (nSPS) is 15.1. The highest BCUT2D eigenvalue weighted by atomic mass is 32.1. The first-order valence-electron chi connectivity index (χ1n) is 5.49. The fourth-order valence-corrected chi connectivity index (χ4v) is 1.99. The zero-order chi connectivity index (χ0) is 11.5. The summed E-state index contributed by atoms with van der Waals surface area (Å²) in [6.45, 7) is 1.91. The number of carbonyl (C=O) groups is 1. The molecule has 0 heterocycles. The van der Waals surface area contributed by atoms with E-state index < -0.39 is 5.91 Å². The number of hydrogen-bond donors (Lipinski definition) is 3. The molecule has 0 atom stereocenters. The zero-order valence-corrected chi connectivity index (χ0v) is 9.97. The minimum absolute atomic E-state index is 0.428. The second kappa shape index (κ2) is 4.89. The van der Waals surface area contributed by atoms with Crippen molar-refractivity contribution in [3.63, 3.8) is 0 Å². The van der Waals surface area contributed by atoms with Gasteiger partial charge < -0.3 is 11.1 Å². The molecule has 1 aromatic carbocycles. The van der Waals surface area contributed by atoms with Crippen LogP contribution in [0, 0.1) is 5.92 Å². The first-order chi connectivity index (χ1) is 7.66. The summed E-state index contributed by atoms with van der Waals surface area (Å²) in [5.41, 5.74) is 6.83. The van der Waals surface area contributed by atoms with E-state index in [0.717, 1.165) is 24.6 Å². The van der Waals surface area contributed by atoms with Crippen LogP contribution >= 0.6 is 12.6 Å². The van der Waals surface area contributed by atoms with E-state index in [1.165, 1.54) is 12.8 Å². The van der Waals surface area contributed by atoms with Gasteiger partial charge in [0.2, 0.25) is 5.91 Å². The van der Waals surface area contributed by atoms with Gasteiger partial charge in [-0.3, -0.25) is 4.79 Å². The van der Waals surface area contributed by atoms with Gasteiger partial charge in [-0.15, -0.1) is 12.6 Å². The van der Waals surface area contributed by atoms with Gasteiger partial charge in [0.05, 0.1) is 5.56 Å². The van der Waals surface area contributed by atoms with Crippen LogP contribution in [0.15, 0.2) is 23.1 Å². The molecule has 3 N–H and O–H groups in total. The zero-order valence-electron chi connectivity index (χ0n) is 9.07. The number of thiol groups is 1. The van der Waals surface area contributed by atoms with E-state index in [4.69, 9.17) is 5.73 Å². The van der Waals surface area contributed by atoms with Crippen molar-refractivity contribution >= 4 is 18.5 Å². The molecule has 0 bridgehead atoms. The number of nitrogens with two attached hydrogens (primary N) is 1. The Hall–Kier alpha value is -1.00. The average molecular weight is 236 g/mol. The first kappa shape index (κ1) is 11.5. The Balaban J connectivity index is 1.93. The van der Waals surface area contributed by atoms with Crippen LogP contribution < -0.4 is 11.1 Å². The van der Waals surface area contributed by atoms with Gasteiger partial charge in [-0.25, -0.2) is 0 Å². The van der Waals surface area contributed by atoms with Crippen LogP contribution in [0.5, 0.6) is 0 Å². The summed E-state index contributed by atoms with van der Waals surface area (Å²) in [5.74, 6) is 0.447. The summed E-state index contributed by atoms with van der Waals surface area (Å²) in [6.07, 6.45) is 2.71. The van der Waals surface area contributed by atoms with E-state index in [0.29, 0.717) is 10.5 Å². The maximum atomic E-state index is 11.0. The average Bonchev–Trinajstić information content (AvgIpc) is 3.01. The van der Waals surface area contributed by atoms with Crippen molar-refractivity contribution in [3.8, 4) is 0 Å². The van der Waals surface area contributed by atoms with E-state index in [1.54, 1.807) is 6.07 Å². The summed E-state index contributed by atoms with van der Waals surface area (Å²) in [4.78, 5) is 11.7. The minimum atomic E-state index is -0.428. The number of benzene rings is 1. The molecule has 3 nitrogen and oxygen atoms in total. The van der Waals surface area contributed by atoms with Crippen molar-refractivity contribution in [2.24, 2.45) is 11.7 Å². The fourth-order valence-electron chi connectivity index (χ4n) is 1.64. The molecule has 2 rings (SSSR count). The van der Waals surface area contributed by atoms with Crippen LogP contribution in [-0.4, -0.2) is 12.5 Å². The Morgan fingerprint density at radius 1 is 1.50 bits per heavy atom. The number of rotatable bonds is 5. The van der Waals surface area contributed by atoms with Gasteiger partial charge in [0, 0.05) is 11.4 Å².